The zero-order valence-electron chi connectivity index (χ0n) is 13.7. The molecule has 26 heavy (non-hydrogen) atoms. The number of amides is 2. The second kappa shape index (κ2) is 6.49. The third-order valence-corrected chi connectivity index (χ3v) is 4.11. The Bertz CT molecular complexity index is 1100. The van der Waals surface area contributed by atoms with Crippen LogP contribution in [0.15, 0.2) is 55.2 Å². The molecule has 9 heteroatoms. The Balaban J connectivity index is 1.62. The van der Waals surface area contributed by atoms with Gasteiger partial charge in [-0.1, -0.05) is 23.7 Å². The molecule has 2 N–H and O–H groups in total. The van der Waals surface area contributed by atoms with Gasteiger partial charge in [-0.3, -0.25) is 14.4 Å². The van der Waals surface area contributed by atoms with E-state index in [-0.39, 0.29) is 0 Å². The highest BCUT2D eigenvalue weighted by Crippen LogP contribution is 2.24. The van der Waals surface area contributed by atoms with E-state index in [2.05, 4.69) is 25.7 Å². The van der Waals surface area contributed by atoms with E-state index in [1.807, 2.05) is 17.6 Å². The summed E-state index contributed by atoms with van der Waals surface area (Å²) in [5.74, 6) is 0.340. The third-order valence-electron chi connectivity index (χ3n) is 3.78. The standard InChI is InChI=1S/C17H14ClN7O/c1-24-10-11(8-21-24)14-9-20-16-15(19-6-7-25(14)16)23-17(26)22-13-5-3-2-4-12(13)18/h2-10H,1H3,(H2,19,22,23,26). The number of carbonyl (C=O) groups excluding carboxylic acids is 1. The maximum atomic E-state index is 12.3. The first kappa shape index (κ1) is 16.1. The molecule has 0 bridgehead atoms. The predicted octanol–water partition coefficient (Wildman–Crippen LogP) is 3.43. The van der Waals surface area contributed by atoms with Gasteiger partial charge >= 0.3 is 6.03 Å². The van der Waals surface area contributed by atoms with Crippen molar-refractivity contribution in [1.82, 2.24) is 24.1 Å². The summed E-state index contributed by atoms with van der Waals surface area (Å²) >= 11 is 6.06. The number of benzene rings is 1. The second-order valence-corrected chi connectivity index (χ2v) is 5.98. The third kappa shape index (κ3) is 2.98. The van der Waals surface area contributed by atoms with Gasteiger partial charge in [0.05, 0.1) is 28.8 Å². The largest absolute Gasteiger partial charge is 0.324 e. The van der Waals surface area contributed by atoms with Gasteiger partial charge in [0.25, 0.3) is 0 Å². The summed E-state index contributed by atoms with van der Waals surface area (Å²) in [7, 11) is 1.85. The number of fused-ring (bicyclic) bond motifs is 1. The van der Waals surface area contributed by atoms with Crippen molar-refractivity contribution in [1.29, 1.82) is 0 Å². The van der Waals surface area contributed by atoms with Crippen molar-refractivity contribution in [2.45, 2.75) is 0 Å². The fraction of sp³-hybridized carbons (Fsp3) is 0.0588. The minimum atomic E-state index is -0.454. The lowest BCUT2D eigenvalue weighted by Gasteiger charge is -2.09. The number of nitrogens with one attached hydrogen (secondary N) is 2. The fourth-order valence-corrected chi connectivity index (χ4v) is 2.78. The molecule has 2 amide bonds. The van der Waals surface area contributed by atoms with E-state index in [9.17, 15) is 4.79 Å². The maximum absolute atomic E-state index is 12.3. The van der Waals surface area contributed by atoms with Crippen molar-refractivity contribution in [3.8, 4) is 11.3 Å². The number of nitrogens with zero attached hydrogens (tertiary/aromatic N) is 5. The maximum Gasteiger partial charge on any atom is 0.324 e. The first-order valence-electron chi connectivity index (χ1n) is 7.75. The summed E-state index contributed by atoms with van der Waals surface area (Å²) in [5, 5.41) is 10.0. The van der Waals surface area contributed by atoms with Crippen molar-refractivity contribution in [3.05, 3.63) is 60.3 Å². The van der Waals surface area contributed by atoms with Crippen LogP contribution < -0.4 is 10.6 Å². The van der Waals surface area contributed by atoms with Crippen molar-refractivity contribution in [2.24, 2.45) is 7.05 Å². The normalized spacial score (nSPS) is 10.8. The molecule has 0 saturated carbocycles. The Hall–Kier alpha value is -3.39. The minimum Gasteiger partial charge on any atom is -0.306 e. The second-order valence-electron chi connectivity index (χ2n) is 5.57. The van der Waals surface area contributed by atoms with Crippen LogP contribution in [0.1, 0.15) is 0 Å². The molecular weight excluding hydrogens is 354 g/mol. The number of imidazole rings is 1. The fourth-order valence-electron chi connectivity index (χ4n) is 2.60. The average molecular weight is 368 g/mol. The van der Waals surface area contributed by atoms with Crippen LogP contribution in [-0.4, -0.2) is 30.2 Å². The topological polar surface area (TPSA) is 89.1 Å². The smallest absolute Gasteiger partial charge is 0.306 e. The first-order valence-corrected chi connectivity index (χ1v) is 8.13. The van der Waals surface area contributed by atoms with E-state index < -0.39 is 6.03 Å². The highest BCUT2D eigenvalue weighted by atomic mass is 35.5. The zero-order chi connectivity index (χ0) is 18.1. The Labute approximate surface area is 153 Å². The summed E-state index contributed by atoms with van der Waals surface area (Å²) in [6.45, 7) is 0. The van der Waals surface area contributed by atoms with Crippen molar-refractivity contribution in [2.75, 3.05) is 10.6 Å². The van der Waals surface area contributed by atoms with Crippen LogP contribution >= 0.6 is 11.6 Å². The molecule has 0 fully saturated rings. The van der Waals surface area contributed by atoms with E-state index in [1.54, 1.807) is 53.7 Å². The van der Waals surface area contributed by atoms with Crippen LogP contribution in [0.2, 0.25) is 5.02 Å². The van der Waals surface area contributed by atoms with Gasteiger partial charge in [-0.05, 0) is 12.1 Å². The summed E-state index contributed by atoms with van der Waals surface area (Å²) in [4.78, 5) is 20.9. The number of aromatic nitrogens is 5. The molecule has 4 aromatic rings. The lowest BCUT2D eigenvalue weighted by atomic mass is 10.3. The lowest BCUT2D eigenvalue weighted by molar-refractivity contribution is 0.262. The Morgan fingerprint density at radius 2 is 2.00 bits per heavy atom. The number of hydrogen-bond acceptors (Lipinski definition) is 4. The molecule has 1 aromatic carbocycles. The molecule has 4 rings (SSSR count). The van der Waals surface area contributed by atoms with Gasteiger partial charge in [-0.25, -0.2) is 14.8 Å². The molecule has 0 aliphatic heterocycles. The van der Waals surface area contributed by atoms with Crippen molar-refractivity contribution >= 4 is 34.8 Å². The van der Waals surface area contributed by atoms with E-state index in [1.165, 1.54) is 0 Å². The molecule has 0 spiro atoms. The number of anilines is 2. The zero-order valence-corrected chi connectivity index (χ0v) is 14.5. The van der Waals surface area contributed by atoms with Crippen LogP contribution in [0.25, 0.3) is 16.9 Å². The molecule has 0 aliphatic rings. The number of para-hydroxylation sites is 1. The highest BCUT2D eigenvalue weighted by Gasteiger charge is 2.14. The van der Waals surface area contributed by atoms with Crippen LogP contribution in [0.5, 0.6) is 0 Å². The molecule has 3 heterocycles. The van der Waals surface area contributed by atoms with Crippen LogP contribution in [0.4, 0.5) is 16.3 Å². The summed E-state index contributed by atoms with van der Waals surface area (Å²) in [6.07, 6.45) is 8.73. The molecular formula is C17H14ClN7O. The molecule has 130 valence electrons. The summed E-state index contributed by atoms with van der Waals surface area (Å²) in [6, 6.07) is 6.54. The van der Waals surface area contributed by atoms with E-state index >= 15 is 0 Å². The molecule has 3 aromatic heterocycles. The highest BCUT2D eigenvalue weighted by molar-refractivity contribution is 6.33. The Morgan fingerprint density at radius 1 is 1.15 bits per heavy atom. The quantitative estimate of drug-likeness (QED) is 0.580. The lowest BCUT2D eigenvalue weighted by Crippen LogP contribution is -2.20. The predicted molar refractivity (Wildman–Crippen MR) is 99.3 cm³/mol. The van der Waals surface area contributed by atoms with Crippen molar-refractivity contribution < 1.29 is 4.79 Å². The van der Waals surface area contributed by atoms with Crippen LogP contribution in [0.3, 0.4) is 0 Å². The number of urea groups is 1. The number of rotatable bonds is 3. The molecule has 0 atom stereocenters. The Kier molecular flexibility index (Phi) is 4.02. The monoisotopic (exact) mass is 367 g/mol. The van der Waals surface area contributed by atoms with Crippen LogP contribution in [-0.2, 0) is 7.05 Å². The molecule has 8 nitrogen and oxygen atoms in total. The molecule has 0 unspecified atom stereocenters. The van der Waals surface area contributed by atoms with E-state index in [4.69, 9.17) is 11.6 Å². The van der Waals surface area contributed by atoms with Gasteiger partial charge in [0, 0.05) is 31.2 Å². The summed E-state index contributed by atoms with van der Waals surface area (Å²) < 4.78 is 3.56. The summed E-state index contributed by atoms with van der Waals surface area (Å²) in [5.41, 5.74) is 2.81. The first-order chi connectivity index (χ1) is 12.6. The number of carbonyl (C=O) groups is 1. The minimum absolute atomic E-state index is 0.340. The van der Waals surface area contributed by atoms with Gasteiger partial charge in [-0.15, -0.1) is 0 Å². The Morgan fingerprint density at radius 3 is 2.77 bits per heavy atom. The van der Waals surface area contributed by atoms with Gasteiger partial charge in [0.15, 0.2) is 11.5 Å². The number of hydrogen-bond donors (Lipinski definition) is 2. The molecule has 0 radical (unpaired) electrons. The molecule has 0 aliphatic carbocycles. The van der Waals surface area contributed by atoms with Gasteiger partial charge < -0.3 is 5.32 Å². The SMILES string of the molecule is Cn1cc(-c2cnc3c(NC(=O)Nc4ccccc4Cl)nccn23)cn1. The number of halogens is 1. The van der Waals surface area contributed by atoms with Gasteiger partial charge in [-0.2, -0.15) is 5.10 Å². The molecule has 0 saturated heterocycles. The van der Waals surface area contributed by atoms with Gasteiger partial charge in [0.1, 0.15) is 0 Å². The van der Waals surface area contributed by atoms with Crippen LogP contribution in [0, 0.1) is 0 Å². The van der Waals surface area contributed by atoms with Crippen molar-refractivity contribution in [3.63, 3.8) is 0 Å². The van der Waals surface area contributed by atoms with E-state index in [0.717, 1.165) is 11.3 Å². The number of aryl methyl sites for hydroxylation is 1. The van der Waals surface area contributed by atoms with E-state index in [0.29, 0.717) is 22.2 Å². The average Bonchev–Trinajstić information content (AvgIpc) is 3.23. The van der Waals surface area contributed by atoms with Gasteiger partial charge in [0.2, 0.25) is 0 Å².